The summed E-state index contributed by atoms with van der Waals surface area (Å²) in [6.45, 7) is 3.61. The summed E-state index contributed by atoms with van der Waals surface area (Å²) in [5.41, 5.74) is -2.17. The van der Waals surface area contributed by atoms with Gasteiger partial charge in [0.2, 0.25) is 0 Å². The molecule has 0 spiro atoms. The quantitative estimate of drug-likeness (QED) is 0.516. The zero-order chi connectivity index (χ0) is 24.5. The van der Waals surface area contributed by atoms with Gasteiger partial charge < -0.3 is 14.6 Å². The number of nitrogens with zero attached hydrogens (tertiary/aromatic N) is 2. The van der Waals surface area contributed by atoms with Crippen molar-refractivity contribution in [1.82, 2.24) is 0 Å². The molecule has 0 fully saturated rings. The van der Waals surface area contributed by atoms with Crippen molar-refractivity contribution in [3.63, 3.8) is 0 Å². The van der Waals surface area contributed by atoms with E-state index in [0.717, 1.165) is 12.1 Å². The average Bonchev–Trinajstić information content (AvgIpc) is 3.06. The average molecular weight is 527 g/mol. The van der Waals surface area contributed by atoms with Crippen LogP contribution in [0.3, 0.4) is 0 Å². The second kappa shape index (κ2) is 9.26. The summed E-state index contributed by atoms with van der Waals surface area (Å²) in [6.07, 6.45) is -4.07. The lowest BCUT2D eigenvalue weighted by atomic mass is 10.1. The third-order valence-electron chi connectivity index (χ3n) is 4.40. The van der Waals surface area contributed by atoms with Gasteiger partial charge in [0.15, 0.2) is 17.2 Å². The highest BCUT2D eigenvalue weighted by molar-refractivity contribution is 9.10. The molecular formula is C22H18BrF3N2O5. The maximum absolute atomic E-state index is 13.7. The first kappa shape index (κ1) is 24.3. The molecule has 0 aromatic heterocycles. The van der Waals surface area contributed by atoms with Crippen LogP contribution in [0.4, 0.5) is 18.9 Å². The molecule has 2 aromatic rings. The number of rotatable bonds is 6. The van der Waals surface area contributed by atoms with Gasteiger partial charge in [-0.1, -0.05) is 6.07 Å². The number of hydrogen-bond donors (Lipinski definition) is 1. The van der Waals surface area contributed by atoms with Crippen LogP contribution in [0, 0.1) is 0 Å². The maximum atomic E-state index is 13.7. The summed E-state index contributed by atoms with van der Waals surface area (Å²) in [4.78, 5) is 24.1. The minimum absolute atomic E-state index is 0.107. The number of hydrazone groups is 1. The van der Waals surface area contributed by atoms with Gasteiger partial charge in [0.25, 0.3) is 5.91 Å². The van der Waals surface area contributed by atoms with E-state index in [0.29, 0.717) is 15.2 Å². The van der Waals surface area contributed by atoms with Gasteiger partial charge in [0, 0.05) is 0 Å². The van der Waals surface area contributed by atoms with E-state index >= 15 is 0 Å². The Bertz CT molecular complexity index is 1180. The highest BCUT2D eigenvalue weighted by atomic mass is 79.9. The summed E-state index contributed by atoms with van der Waals surface area (Å²) in [6, 6.07) is 7.85. The second-order valence-electron chi connectivity index (χ2n) is 7.18. The fourth-order valence-corrected chi connectivity index (χ4v) is 3.59. The Kier molecular flexibility index (Phi) is 6.82. The fourth-order valence-electron chi connectivity index (χ4n) is 3.04. The molecule has 0 saturated heterocycles. The number of carboxylic acid groups (broad SMARTS) is 1. The molecule has 1 aliphatic rings. The third-order valence-corrected chi connectivity index (χ3v) is 4.99. The Labute approximate surface area is 195 Å². The Hall–Kier alpha value is -3.34. The largest absolute Gasteiger partial charge is 0.493 e. The number of aromatic carboxylic acids is 1. The van der Waals surface area contributed by atoms with Crippen LogP contribution in [0.15, 0.2) is 51.5 Å². The van der Waals surface area contributed by atoms with E-state index in [4.69, 9.17) is 14.6 Å². The van der Waals surface area contributed by atoms with Crippen molar-refractivity contribution in [2.24, 2.45) is 5.10 Å². The van der Waals surface area contributed by atoms with Crippen LogP contribution in [0.25, 0.3) is 6.08 Å². The first-order valence-electron chi connectivity index (χ1n) is 9.52. The summed E-state index contributed by atoms with van der Waals surface area (Å²) in [5, 5.41) is 13.1. The van der Waals surface area contributed by atoms with Crippen LogP contribution in [0.5, 0.6) is 11.5 Å². The van der Waals surface area contributed by atoms with Gasteiger partial charge in [0.1, 0.15) is 0 Å². The molecule has 1 heterocycles. The topological polar surface area (TPSA) is 88.4 Å². The van der Waals surface area contributed by atoms with E-state index in [1.165, 1.54) is 37.4 Å². The monoisotopic (exact) mass is 526 g/mol. The molecule has 174 valence electrons. The van der Waals surface area contributed by atoms with Crippen LogP contribution < -0.4 is 14.5 Å². The highest BCUT2D eigenvalue weighted by Crippen LogP contribution is 2.39. The molecule has 11 heteroatoms. The van der Waals surface area contributed by atoms with Crippen molar-refractivity contribution in [3.8, 4) is 11.5 Å². The molecule has 1 amide bonds. The zero-order valence-corrected chi connectivity index (χ0v) is 19.2. The smallest absolute Gasteiger partial charge is 0.435 e. The number of amides is 1. The van der Waals surface area contributed by atoms with E-state index < -0.39 is 29.3 Å². The Balaban J connectivity index is 2.10. The first-order chi connectivity index (χ1) is 15.4. The number of carbonyl (C=O) groups is 2. The van der Waals surface area contributed by atoms with Gasteiger partial charge in [-0.3, -0.25) is 4.79 Å². The Morgan fingerprint density at radius 1 is 1.24 bits per heavy atom. The molecule has 2 aromatic carbocycles. The number of halogens is 4. The number of methoxy groups -OCH3 is 1. The van der Waals surface area contributed by atoms with Crippen molar-refractivity contribution in [1.29, 1.82) is 0 Å². The fraction of sp³-hybridized carbons (Fsp3) is 0.227. The predicted octanol–water partition coefficient (Wildman–Crippen LogP) is 5.29. The second-order valence-corrected chi connectivity index (χ2v) is 8.03. The predicted molar refractivity (Wildman–Crippen MR) is 119 cm³/mol. The molecule has 0 radical (unpaired) electrons. The zero-order valence-electron chi connectivity index (χ0n) is 17.6. The van der Waals surface area contributed by atoms with Crippen molar-refractivity contribution < 1.29 is 37.3 Å². The van der Waals surface area contributed by atoms with E-state index in [1.807, 2.05) is 0 Å². The molecule has 0 bridgehead atoms. The molecule has 1 N–H and O–H groups in total. The lowest BCUT2D eigenvalue weighted by molar-refractivity contribution is -0.114. The normalized spacial score (nSPS) is 15.3. The molecule has 1 aliphatic heterocycles. The number of carbonyl (C=O) groups excluding carboxylic acids is 1. The van der Waals surface area contributed by atoms with E-state index in [2.05, 4.69) is 21.0 Å². The third kappa shape index (κ3) is 5.19. The number of benzene rings is 2. The lowest BCUT2D eigenvalue weighted by Crippen LogP contribution is -2.25. The van der Waals surface area contributed by atoms with Crippen LogP contribution in [0.2, 0.25) is 0 Å². The number of carboxylic acids is 1. The van der Waals surface area contributed by atoms with Crippen molar-refractivity contribution >= 4 is 45.3 Å². The minimum atomic E-state index is -4.93. The summed E-state index contributed by atoms with van der Waals surface area (Å²) in [5.74, 6) is -1.72. The summed E-state index contributed by atoms with van der Waals surface area (Å²) in [7, 11) is 1.38. The molecule has 0 atom stereocenters. The van der Waals surface area contributed by atoms with Crippen molar-refractivity contribution in [2.75, 3.05) is 12.1 Å². The number of ether oxygens (including phenoxy) is 2. The van der Waals surface area contributed by atoms with Crippen LogP contribution in [-0.4, -0.2) is 42.1 Å². The summed E-state index contributed by atoms with van der Waals surface area (Å²) < 4.78 is 52.5. The van der Waals surface area contributed by atoms with Gasteiger partial charge >= 0.3 is 12.1 Å². The molecule has 0 saturated carbocycles. The standard InChI is InChI=1S/C22H18BrF3N2O5/c1-11(2)33-18-16(23)8-12(9-17(18)32-3)7-15-19(22(24,25)26)27-28(20(15)29)14-6-4-5-13(10-14)21(30)31/h4-11H,1-3H3,(H,30,31)/b15-7+. The molecule has 0 unspecified atom stereocenters. The van der Waals surface area contributed by atoms with E-state index in [1.54, 1.807) is 13.8 Å². The number of alkyl halides is 3. The molecule has 7 nitrogen and oxygen atoms in total. The van der Waals surface area contributed by atoms with Crippen molar-refractivity contribution in [2.45, 2.75) is 26.1 Å². The SMILES string of the molecule is COc1cc(/C=C2/C(=O)N(c3cccc(C(=O)O)c3)N=C2C(F)(F)F)cc(Br)c1OC(C)C. The molecule has 33 heavy (non-hydrogen) atoms. The van der Waals surface area contributed by atoms with Crippen LogP contribution in [-0.2, 0) is 4.79 Å². The van der Waals surface area contributed by atoms with Gasteiger partial charge in [-0.25, -0.2) is 4.79 Å². The Morgan fingerprint density at radius 3 is 2.52 bits per heavy atom. The summed E-state index contributed by atoms with van der Waals surface area (Å²) >= 11 is 3.32. The van der Waals surface area contributed by atoms with E-state index in [-0.39, 0.29) is 28.7 Å². The molecular weight excluding hydrogens is 509 g/mol. The van der Waals surface area contributed by atoms with E-state index in [9.17, 15) is 22.8 Å². The van der Waals surface area contributed by atoms with Crippen LogP contribution >= 0.6 is 15.9 Å². The number of anilines is 1. The van der Waals surface area contributed by atoms with Gasteiger partial charge in [-0.2, -0.15) is 23.3 Å². The van der Waals surface area contributed by atoms with Crippen molar-refractivity contribution in [3.05, 3.63) is 57.6 Å². The van der Waals surface area contributed by atoms with Gasteiger partial charge in [0.05, 0.1) is 34.5 Å². The molecule has 3 rings (SSSR count). The van der Waals surface area contributed by atoms with Gasteiger partial charge in [-0.15, -0.1) is 0 Å². The molecule has 0 aliphatic carbocycles. The Morgan fingerprint density at radius 2 is 1.94 bits per heavy atom. The van der Waals surface area contributed by atoms with Gasteiger partial charge in [-0.05, 0) is 71.7 Å². The first-order valence-corrected chi connectivity index (χ1v) is 10.3. The minimum Gasteiger partial charge on any atom is -0.493 e. The highest BCUT2D eigenvalue weighted by Gasteiger charge is 2.47. The number of hydrogen-bond acceptors (Lipinski definition) is 5. The van der Waals surface area contributed by atoms with Crippen LogP contribution in [0.1, 0.15) is 29.8 Å². The lowest BCUT2D eigenvalue weighted by Gasteiger charge is -2.16. The maximum Gasteiger partial charge on any atom is 0.435 e.